The van der Waals surface area contributed by atoms with Gasteiger partial charge in [-0.15, -0.1) is 12.4 Å². The summed E-state index contributed by atoms with van der Waals surface area (Å²) in [5, 5.41) is 2.86. The minimum absolute atomic E-state index is 0. The number of nitrogens with zero attached hydrogens (tertiary/aromatic N) is 2. The predicted octanol–water partition coefficient (Wildman–Crippen LogP) is 3.81. The van der Waals surface area contributed by atoms with Crippen molar-refractivity contribution in [3.8, 4) is 0 Å². The Balaban J connectivity index is 0.00000192. The van der Waals surface area contributed by atoms with E-state index in [2.05, 4.69) is 40.3 Å². The number of fused-ring (bicyclic) bond motifs is 1. The molecule has 1 unspecified atom stereocenters. The third-order valence-corrected chi connectivity index (χ3v) is 3.84. The van der Waals surface area contributed by atoms with Crippen molar-refractivity contribution in [2.24, 2.45) is 4.99 Å². The molecule has 0 aromatic heterocycles. The van der Waals surface area contributed by atoms with Gasteiger partial charge in [0.2, 0.25) is 11.9 Å². The maximum Gasteiger partial charge on any atom is 0.223 e. The molecule has 3 rings (SSSR count). The minimum atomic E-state index is -0.108. The summed E-state index contributed by atoms with van der Waals surface area (Å²) >= 11 is 0. The highest BCUT2D eigenvalue weighted by Gasteiger charge is 2.27. The first-order chi connectivity index (χ1) is 10.6. The van der Waals surface area contributed by atoms with Crippen molar-refractivity contribution in [1.29, 1.82) is 0 Å². The van der Waals surface area contributed by atoms with Gasteiger partial charge in [0.15, 0.2) is 0 Å². The van der Waals surface area contributed by atoms with Gasteiger partial charge in [-0.1, -0.05) is 48.5 Å². The molecular weight excluding hydrogens is 310 g/mol. The highest BCUT2D eigenvalue weighted by atomic mass is 35.5. The van der Waals surface area contributed by atoms with Crippen LogP contribution < -0.4 is 5.32 Å². The molecule has 1 heterocycles. The second-order valence-electron chi connectivity index (χ2n) is 5.46. The van der Waals surface area contributed by atoms with Crippen LogP contribution in [0.2, 0.25) is 0 Å². The summed E-state index contributed by atoms with van der Waals surface area (Å²) in [6, 6.07) is 18.4. The molecular formula is C18H20ClN3O. The van der Waals surface area contributed by atoms with E-state index >= 15 is 0 Å². The standard InChI is InChI=1S/C18H19N3O.ClH/c1-13-16-10-6-7-11-17(16)20-18(19-14(2)22)21(13)12-15-8-4-3-5-9-15;/h3-11,13H,12H2,1-2H3,(H,19,20,22);1H. The minimum Gasteiger partial charge on any atom is -0.331 e. The van der Waals surface area contributed by atoms with Gasteiger partial charge in [-0.05, 0) is 18.6 Å². The molecule has 1 amide bonds. The number of amides is 1. The lowest BCUT2D eigenvalue weighted by molar-refractivity contribution is -0.117. The molecule has 0 spiro atoms. The topological polar surface area (TPSA) is 44.7 Å². The van der Waals surface area contributed by atoms with E-state index in [4.69, 9.17) is 0 Å². The molecule has 120 valence electrons. The summed E-state index contributed by atoms with van der Waals surface area (Å²) in [7, 11) is 0. The van der Waals surface area contributed by atoms with Gasteiger partial charge < -0.3 is 4.90 Å². The van der Waals surface area contributed by atoms with Gasteiger partial charge in [0.05, 0.1) is 11.7 Å². The van der Waals surface area contributed by atoms with Crippen LogP contribution in [-0.4, -0.2) is 16.8 Å². The van der Waals surface area contributed by atoms with Crippen LogP contribution in [0, 0.1) is 0 Å². The monoisotopic (exact) mass is 329 g/mol. The van der Waals surface area contributed by atoms with E-state index in [1.165, 1.54) is 18.1 Å². The van der Waals surface area contributed by atoms with Crippen LogP contribution in [0.25, 0.3) is 0 Å². The van der Waals surface area contributed by atoms with Gasteiger partial charge in [0, 0.05) is 19.0 Å². The molecule has 0 saturated carbocycles. The number of hydrogen-bond acceptors (Lipinski definition) is 3. The third-order valence-electron chi connectivity index (χ3n) is 3.84. The fourth-order valence-electron chi connectivity index (χ4n) is 2.72. The predicted molar refractivity (Wildman–Crippen MR) is 95.0 cm³/mol. The number of hydrogen-bond donors (Lipinski definition) is 1. The van der Waals surface area contributed by atoms with Crippen LogP contribution in [0.4, 0.5) is 5.69 Å². The molecule has 0 aliphatic carbocycles. The lowest BCUT2D eigenvalue weighted by Crippen LogP contribution is -2.45. The Morgan fingerprint density at radius 2 is 1.78 bits per heavy atom. The van der Waals surface area contributed by atoms with Crippen molar-refractivity contribution in [2.45, 2.75) is 26.4 Å². The maximum atomic E-state index is 11.5. The van der Waals surface area contributed by atoms with Gasteiger partial charge in [0.25, 0.3) is 0 Å². The van der Waals surface area contributed by atoms with E-state index in [1.807, 2.05) is 36.4 Å². The number of para-hydroxylation sites is 1. The normalized spacial score (nSPS) is 16.0. The Bertz CT molecular complexity index is 715. The van der Waals surface area contributed by atoms with Gasteiger partial charge >= 0.3 is 0 Å². The second kappa shape index (κ2) is 7.29. The van der Waals surface area contributed by atoms with Crippen LogP contribution in [0.5, 0.6) is 0 Å². The van der Waals surface area contributed by atoms with E-state index in [0.717, 1.165) is 5.69 Å². The number of guanidine groups is 1. The quantitative estimate of drug-likeness (QED) is 0.910. The lowest BCUT2D eigenvalue weighted by atomic mass is 10.0. The molecule has 2 aromatic carbocycles. The third kappa shape index (κ3) is 3.71. The zero-order chi connectivity index (χ0) is 15.5. The van der Waals surface area contributed by atoms with Crippen molar-refractivity contribution >= 4 is 30.0 Å². The molecule has 1 aliphatic heterocycles. The summed E-state index contributed by atoms with van der Waals surface area (Å²) in [6.07, 6.45) is 0. The van der Waals surface area contributed by atoms with E-state index in [0.29, 0.717) is 12.5 Å². The largest absolute Gasteiger partial charge is 0.331 e. The Morgan fingerprint density at radius 3 is 2.48 bits per heavy atom. The first kappa shape index (κ1) is 17.0. The molecule has 0 saturated heterocycles. The maximum absolute atomic E-state index is 11.5. The van der Waals surface area contributed by atoms with E-state index < -0.39 is 0 Å². The summed E-state index contributed by atoms with van der Waals surface area (Å²) in [6.45, 7) is 4.35. The number of aliphatic imine (C=N–C) groups is 1. The Labute approximate surface area is 142 Å². The SMILES string of the molecule is CC(=O)NC1=Nc2ccccc2C(C)N1Cc1ccccc1.Cl. The number of benzene rings is 2. The summed E-state index contributed by atoms with van der Waals surface area (Å²) in [5.74, 6) is 0.506. The number of nitrogens with one attached hydrogen (secondary N) is 1. The van der Waals surface area contributed by atoms with Crippen LogP contribution in [0.1, 0.15) is 31.0 Å². The van der Waals surface area contributed by atoms with Crippen molar-refractivity contribution in [1.82, 2.24) is 10.2 Å². The number of carbonyl (C=O) groups excluding carboxylic acids is 1. The fraction of sp³-hybridized carbons (Fsp3) is 0.222. The van der Waals surface area contributed by atoms with Crippen LogP contribution in [0.3, 0.4) is 0 Å². The molecule has 2 aromatic rings. The van der Waals surface area contributed by atoms with Crippen molar-refractivity contribution < 1.29 is 4.79 Å². The Hall–Kier alpha value is -2.33. The molecule has 23 heavy (non-hydrogen) atoms. The van der Waals surface area contributed by atoms with Crippen LogP contribution >= 0.6 is 12.4 Å². The fourth-order valence-corrected chi connectivity index (χ4v) is 2.72. The number of carbonyl (C=O) groups is 1. The Kier molecular flexibility index (Phi) is 5.40. The van der Waals surface area contributed by atoms with Crippen molar-refractivity contribution in [3.63, 3.8) is 0 Å². The van der Waals surface area contributed by atoms with Gasteiger partial charge in [0.1, 0.15) is 0 Å². The molecule has 0 fully saturated rings. The van der Waals surface area contributed by atoms with E-state index in [-0.39, 0.29) is 24.4 Å². The van der Waals surface area contributed by atoms with Gasteiger partial charge in [-0.2, -0.15) is 0 Å². The van der Waals surface area contributed by atoms with Gasteiger partial charge in [-0.3, -0.25) is 10.1 Å². The smallest absolute Gasteiger partial charge is 0.223 e. The van der Waals surface area contributed by atoms with Gasteiger partial charge in [-0.25, -0.2) is 4.99 Å². The summed E-state index contributed by atoms with van der Waals surface area (Å²) in [5.41, 5.74) is 3.28. The first-order valence-electron chi connectivity index (χ1n) is 7.41. The highest BCUT2D eigenvalue weighted by Crippen LogP contribution is 2.34. The first-order valence-corrected chi connectivity index (χ1v) is 7.41. The average Bonchev–Trinajstić information content (AvgIpc) is 2.52. The van der Waals surface area contributed by atoms with E-state index in [9.17, 15) is 4.79 Å². The average molecular weight is 330 g/mol. The lowest BCUT2D eigenvalue weighted by Gasteiger charge is -2.36. The molecule has 0 radical (unpaired) electrons. The van der Waals surface area contributed by atoms with Crippen molar-refractivity contribution in [3.05, 3.63) is 65.7 Å². The number of rotatable bonds is 2. The second-order valence-corrected chi connectivity index (χ2v) is 5.46. The zero-order valence-electron chi connectivity index (χ0n) is 13.2. The molecule has 0 bridgehead atoms. The van der Waals surface area contributed by atoms with Crippen LogP contribution in [-0.2, 0) is 11.3 Å². The Morgan fingerprint density at radius 1 is 1.13 bits per heavy atom. The van der Waals surface area contributed by atoms with Crippen molar-refractivity contribution in [2.75, 3.05) is 0 Å². The molecule has 5 heteroatoms. The van der Waals surface area contributed by atoms with E-state index in [1.54, 1.807) is 0 Å². The van der Waals surface area contributed by atoms with Crippen LogP contribution in [0.15, 0.2) is 59.6 Å². The number of halogens is 1. The molecule has 1 N–H and O–H groups in total. The summed E-state index contributed by atoms with van der Waals surface area (Å²) in [4.78, 5) is 18.3. The molecule has 4 nitrogen and oxygen atoms in total. The highest BCUT2D eigenvalue weighted by molar-refractivity contribution is 5.98. The summed E-state index contributed by atoms with van der Waals surface area (Å²) < 4.78 is 0. The zero-order valence-corrected chi connectivity index (χ0v) is 14.0. The molecule has 1 aliphatic rings. The molecule has 1 atom stereocenters.